The molecule has 1 N–H and O–H groups in total. The van der Waals surface area contributed by atoms with Crippen LogP contribution in [0.2, 0.25) is 0 Å². The Labute approximate surface area is 81.3 Å². The minimum atomic E-state index is -0.0737. The first-order chi connectivity index (χ1) is 6.34. The van der Waals surface area contributed by atoms with Crippen molar-refractivity contribution in [1.29, 1.82) is 0 Å². The van der Waals surface area contributed by atoms with E-state index >= 15 is 0 Å². The molecule has 1 aliphatic carbocycles. The first kappa shape index (κ1) is 11.0. The van der Waals surface area contributed by atoms with Crippen molar-refractivity contribution in [2.24, 2.45) is 5.92 Å². The molecule has 2 heteroatoms. The van der Waals surface area contributed by atoms with Crippen LogP contribution >= 0.6 is 0 Å². The Bertz CT molecular complexity index is 119. The summed E-state index contributed by atoms with van der Waals surface area (Å²) in [6.45, 7) is 0.782. The van der Waals surface area contributed by atoms with Crippen LogP contribution < -0.4 is 0 Å². The lowest BCUT2D eigenvalue weighted by atomic mass is 9.84. The van der Waals surface area contributed by atoms with E-state index in [1.54, 1.807) is 7.11 Å². The molecule has 0 amide bonds. The Morgan fingerprint density at radius 3 is 2.62 bits per heavy atom. The smallest absolute Gasteiger partial charge is 0.0569 e. The quantitative estimate of drug-likeness (QED) is 0.668. The lowest BCUT2D eigenvalue weighted by molar-refractivity contribution is 0.0668. The van der Waals surface area contributed by atoms with Crippen LogP contribution in [0.3, 0.4) is 0 Å². The largest absolute Gasteiger partial charge is 0.393 e. The number of hydrogen-bond acceptors (Lipinski definition) is 2. The molecule has 1 rings (SSSR count). The monoisotopic (exact) mass is 186 g/mol. The topological polar surface area (TPSA) is 29.5 Å². The SMILES string of the molecule is COCCCC(O)C1CCCCC1. The van der Waals surface area contributed by atoms with Gasteiger partial charge < -0.3 is 9.84 Å². The highest BCUT2D eigenvalue weighted by molar-refractivity contribution is 4.72. The van der Waals surface area contributed by atoms with Crippen molar-refractivity contribution < 1.29 is 9.84 Å². The maximum atomic E-state index is 9.85. The van der Waals surface area contributed by atoms with Gasteiger partial charge in [-0.3, -0.25) is 0 Å². The summed E-state index contributed by atoms with van der Waals surface area (Å²) in [4.78, 5) is 0. The van der Waals surface area contributed by atoms with Crippen molar-refractivity contribution in [2.45, 2.75) is 51.0 Å². The predicted octanol–water partition coefficient (Wildman–Crippen LogP) is 2.35. The molecule has 1 fully saturated rings. The van der Waals surface area contributed by atoms with Gasteiger partial charge >= 0.3 is 0 Å². The molecule has 0 saturated heterocycles. The molecule has 2 nitrogen and oxygen atoms in total. The molecule has 1 atom stereocenters. The van der Waals surface area contributed by atoms with Crippen molar-refractivity contribution in [1.82, 2.24) is 0 Å². The Kier molecular flexibility index (Phi) is 5.40. The third-order valence-electron chi connectivity index (χ3n) is 3.04. The summed E-state index contributed by atoms with van der Waals surface area (Å²) in [7, 11) is 1.72. The highest BCUT2D eigenvalue weighted by Gasteiger charge is 2.20. The van der Waals surface area contributed by atoms with Crippen molar-refractivity contribution in [3.63, 3.8) is 0 Å². The van der Waals surface area contributed by atoms with E-state index in [9.17, 15) is 5.11 Å². The second kappa shape index (κ2) is 6.39. The Morgan fingerprint density at radius 1 is 1.31 bits per heavy atom. The fourth-order valence-electron chi connectivity index (χ4n) is 2.19. The minimum Gasteiger partial charge on any atom is -0.393 e. The van der Waals surface area contributed by atoms with Crippen molar-refractivity contribution in [3.8, 4) is 0 Å². The number of aliphatic hydroxyl groups excluding tert-OH is 1. The zero-order valence-corrected chi connectivity index (χ0v) is 8.67. The van der Waals surface area contributed by atoms with Gasteiger partial charge in [-0.1, -0.05) is 19.3 Å². The molecule has 1 unspecified atom stereocenters. The number of rotatable bonds is 5. The molecule has 0 spiro atoms. The highest BCUT2D eigenvalue weighted by atomic mass is 16.5. The van der Waals surface area contributed by atoms with Crippen LogP contribution in [0.15, 0.2) is 0 Å². The summed E-state index contributed by atoms with van der Waals surface area (Å²) in [5.74, 6) is 0.575. The Hall–Kier alpha value is -0.0800. The van der Waals surface area contributed by atoms with Crippen molar-refractivity contribution in [3.05, 3.63) is 0 Å². The maximum Gasteiger partial charge on any atom is 0.0569 e. The maximum absolute atomic E-state index is 9.85. The molecule has 0 aromatic carbocycles. The molecule has 1 aliphatic rings. The van der Waals surface area contributed by atoms with Gasteiger partial charge in [0.1, 0.15) is 0 Å². The standard InChI is InChI=1S/C11H22O2/c1-13-9-5-8-11(12)10-6-3-2-4-7-10/h10-12H,2-9H2,1H3. The van der Waals surface area contributed by atoms with Crippen LogP contribution in [0.4, 0.5) is 0 Å². The summed E-state index contributed by atoms with van der Waals surface area (Å²) in [6, 6.07) is 0. The average molecular weight is 186 g/mol. The van der Waals surface area contributed by atoms with E-state index in [1.165, 1.54) is 32.1 Å². The van der Waals surface area contributed by atoms with Gasteiger partial charge in [0.25, 0.3) is 0 Å². The van der Waals surface area contributed by atoms with Gasteiger partial charge in [-0.05, 0) is 31.6 Å². The fourth-order valence-corrected chi connectivity index (χ4v) is 2.19. The van der Waals surface area contributed by atoms with Crippen LogP contribution in [0.25, 0.3) is 0 Å². The molecule has 1 saturated carbocycles. The van der Waals surface area contributed by atoms with E-state index in [0.717, 1.165) is 19.4 Å². The van der Waals surface area contributed by atoms with Gasteiger partial charge in [0.2, 0.25) is 0 Å². The summed E-state index contributed by atoms with van der Waals surface area (Å²) in [5, 5.41) is 9.85. The molecule has 0 aromatic rings. The van der Waals surface area contributed by atoms with Gasteiger partial charge in [0, 0.05) is 13.7 Å². The fraction of sp³-hybridized carbons (Fsp3) is 1.00. The van der Waals surface area contributed by atoms with Crippen molar-refractivity contribution in [2.75, 3.05) is 13.7 Å². The summed E-state index contributed by atoms with van der Waals surface area (Å²) < 4.78 is 4.97. The van der Waals surface area contributed by atoms with Crippen LogP contribution in [0.5, 0.6) is 0 Å². The minimum absolute atomic E-state index is 0.0737. The molecule has 0 aromatic heterocycles. The number of methoxy groups -OCH3 is 1. The molecule has 0 aliphatic heterocycles. The van der Waals surface area contributed by atoms with Gasteiger partial charge in [0.05, 0.1) is 6.10 Å². The first-order valence-corrected chi connectivity index (χ1v) is 5.51. The first-order valence-electron chi connectivity index (χ1n) is 5.51. The predicted molar refractivity (Wildman–Crippen MR) is 53.7 cm³/mol. The third kappa shape index (κ3) is 4.10. The molecule has 78 valence electrons. The second-order valence-electron chi connectivity index (χ2n) is 4.10. The molecular formula is C11H22O2. The van der Waals surface area contributed by atoms with E-state index in [0.29, 0.717) is 5.92 Å². The lowest BCUT2D eigenvalue weighted by Gasteiger charge is -2.26. The van der Waals surface area contributed by atoms with E-state index in [1.807, 2.05) is 0 Å². The van der Waals surface area contributed by atoms with E-state index in [4.69, 9.17) is 4.74 Å². The van der Waals surface area contributed by atoms with Crippen LogP contribution in [-0.2, 0) is 4.74 Å². The lowest BCUT2D eigenvalue weighted by Crippen LogP contribution is -2.23. The molecule has 0 radical (unpaired) electrons. The third-order valence-corrected chi connectivity index (χ3v) is 3.04. The molecular weight excluding hydrogens is 164 g/mol. The van der Waals surface area contributed by atoms with Gasteiger partial charge in [-0.2, -0.15) is 0 Å². The second-order valence-corrected chi connectivity index (χ2v) is 4.10. The number of hydrogen-bond donors (Lipinski definition) is 1. The molecule has 0 heterocycles. The summed E-state index contributed by atoms with van der Waals surface area (Å²) in [6.07, 6.45) is 8.28. The van der Waals surface area contributed by atoms with Gasteiger partial charge in [-0.25, -0.2) is 0 Å². The van der Waals surface area contributed by atoms with Crippen LogP contribution in [0, 0.1) is 5.92 Å². The zero-order chi connectivity index (χ0) is 9.52. The Balaban J connectivity index is 2.09. The summed E-state index contributed by atoms with van der Waals surface area (Å²) >= 11 is 0. The molecule has 13 heavy (non-hydrogen) atoms. The summed E-state index contributed by atoms with van der Waals surface area (Å²) in [5.41, 5.74) is 0. The van der Waals surface area contributed by atoms with Crippen molar-refractivity contribution >= 4 is 0 Å². The highest BCUT2D eigenvalue weighted by Crippen LogP contribution is 2.28. The zero-order valence-electron chi connectivity index (χ0n) is 8.67. The number of aliphatic hydroxyl groups is 1. The van der Waals surface area contributed by atoms with Gasteiger partial charge in [-0.15, -0.1) is 0 Å². The van der Waals surface area contributed by atoms with E-state index in [-0.39, 0.29) is 6.10 Å². The van der Waals surface area contributed by atoms with Gasteiger partial charge in [0.15, 0.2) is 0 Å². The number of ether oxygens (including phenoxy) is 1. The van der Waals surface area contributed by atoms with Crippen LogP contribution in [0.1, 0.15) is 44.9 Å². The van der Waals surface area contributed by atoms with E-state index < -0.39 is 0 Å². The Morgan fingerprint density at radius 2 is 2.00 bits per heavy atom. The normalized spacial score (nSPS) is 21.7. The van der Waals surface area contributed by atoms with E-state index in [2.05, 4.69) is 0 Å². The van der Waals surface area contributed by atoms with Crippen LogP contribution in [-0.4, -0.2) is 24.9 Å². The average Bonchev–Trinajstić information content (AvgIpc) is 2.19. The molecule has 0 bridgehead atoms.